The fraction of sp³-hybridized carbons (Fsp3) is 1.00. The van der Waals surface area contributed by atoms with Crippen molar-refractivity contribution in [1.82, 2.24) is 5.32 Å². The molecule has 0 spiro atoms. The van der Waals surface area contributed by atoms with Crippen LogP contribution in [0.3, 0.4) is 0 Å². The molecule has 2 heteroatoms. The van der Waals surface area contributed by atoms with Crippen LogP contribution < -0.4 is 11.1 Å². The molecule has 1 aliphatic rings. The molecule has 0 radical (unpaired) electrons. The van der Waals surface area contributed by atoms with Crippen molar-refractivity contribution >= 4 is 0 Å². The van der Waals surface area contributed by atoms with Gasteiger partial charge in [-0.2, -0.15) is 0 Å². The van der Waals surface area contributed by atoms with Crippen molar-refractivity contribution in [3.63, 3.8) is 0 Å². The zero-order chi connectivity index (χ0) is 10.4. The van der Waals surface area contributed by atoms with Gasteiger partial charge in [0.2, 0.25) is 0 Å². The second-order valence-electron chi connectivity index (χ2n) is 5.25. The predicted octanol–water partition coefficient (Wildman–Crippen LogP) is 2.28. The fourth-order valence-electron chi connectivity index (χ4n) is 1.68. The molecule has 0 aromatic rings. The Hall–Kier alpha value is -0.0800. The summed E-state index contributed by atoms with van der Waals surface area (Å²) >= 11 is 0. The monoisotopic (exact) mass is 198 g/mol. The molecule has 0 bridgehead atoms. The number of nitrogens with one attached hydrogen (secondary N) is 1. The van der Waals surface area contributed by atoms with Crippen molar-refractivity contribution < 1.29 is 0 Å². The van der Waals surface area contributed by atoms with Crippen LogP contribution in [0.15, 0.2) is 0 Å². The van der Waals surface area contributed by atoms with E-state index in [2.05, 4.69) is 19.2 Å². The van der Waals surface area contributed by atoms with Crippen LogP contribution in [0, 0.1) is 5.92 Å². The van der Waals surface area contributed by atoms with Gasteiger partial charge in [-0.15, -0.1) is 0 Å². The van der Waals surface area contributed by atoms with E-state index in [0.29, 0.717) is 0 Å². The summed E-state index contributed by atoms with van der Waals surface area (Å²) in [4.78, 5) is 0. The number of nitrogens with two attached hydrogens (primary N) is 1. The molecule has 0 atom stereocenters. The fourth-order valence-corrected chi connectivity index (χ4v) is 1.68. The maximum Gasteiger partial charge on any atom is 0.0167 e. The summed E-state index contributed by atoms with van der Waals surface area (Å²) in [6.45, 7) is 6.86. The van der Waals surface area contributed by atoms with Crippen LogP contribution in [0.5, 0.6) is 0 Å². The van der Waals surface area contributed by atoms with Crippen LogP contribution in [0.1, 0.15) is 52.4 Å². The molecular weight excluding hydrogens is 172 g/mol. The highest BCUT2D eigenvalue weighted by Gasteiger charge is 2.36. The molecule has 1 rings (SSSR count). The highest BCUT2D eigenvalue weighted by molar-refractivity contribution is 4.98. The van der Waals surface area contributed by atoms with E-state index in [1.807, 2.05) is 0 Å². The number of hydrogen-bond donors (Lipinski definition) is 2. The summed E-state index contributed by atoms with van der Waals surface area (Å²) in [5.41, 5.74) is 6.21. The molecule has 1 aliphatic carbocycles. The summed E-state index contributed by atoms with van der Waals surface area (Å²) in [6, 6.07) is 0. The molecular formula is C12H26N2. The molecule has 2 nitrogen and oxygen atoms in total. The average Bonchev–Trinajstić information content (AvgIpc) is 2.82. The Labute approximate surface area is 88.6 Å². The van der Waals surface area contributed by atoms with Crippen LogP contribution >= 0.6 is 0 Å². The van der Waals surface area contributed by atoms with Gasteiger partial charge in [0.05, 0.1) is 0 Å². The Morgan fingerprint density at radius 3 is 2.50 bits per heavy atom. The quantitative estimate of drug-likeness (QED) is 0.587. The molecule has 0 amide bonds. The zero-order valence-corrected chi connectivity index (χ0v) is 9.81. The lowest BCUT2D eigenvalue weighted by Crippen LogP contribution is -2.28. The van der Waals surface area contributed by atoms with E-state index in [1.165, 1.54) is 38.6 Å². The van der Waals surface area contributed by atoms with Gasteiger partial charge in [0.25, 0.3) is 0 Å². The van der Waals surface area contributed by atoms with Gasteiger partial charge in [0.1, 0.15) is 0 Å². The van der Waals surface area contributed by atoms with Gasteiger partial charge in [-0.05, 0) is 44.7 Å². The lowest BCUT2D eigenvalue weighted by atomic mass is 10.1. The standard InChI is InChI=1S/C12H26N2/c1-11(2)5-3-4-9-14-10-8-12(13)6-7-12/h11,14H,3-10,13H2,1-2H3. The van der Waals surface area contributed by atoms with Gasteiger partial charge >= 0.3 is 0 Å². The third-order valence-electron chi connectivity index (χ3n) is 3.08. The van der Waals surface area contributed by atoms with E-state index in [0.717, 1.165) is 18.9 Å². The molecule has 0 saturated heterocycles. The van der Waals surface area contributed by atoms with Crippen LogP contribution in [0.4, 0.5) is 0 Å². The van der Waals surface area contributed by atoms with Crippen molar-refractivity contribution in [2.24, 2.45) is 11.7 Å². The molecule has 0 unspecified atom stereocenters. The first kappa shape index (κ1) is 12.0. The van der Waals surface area contributed by atoms with Gasteiger partial charge in [-0.25, -0.2) is 0 Å². The van der Waals surface area contributed by atoms with Crippen molar-refractivity contribution in [2.45, 2.75) is 57.9 Å². The third kappa shape index (κ3) is 5.61. The largest absolute Gasteiger partial charge is 0.325 e. The summed E-state index contributed by atoms with van der Waals surface area (Å²) in [6.07, 6.45) is 7.68. The van der Waals surface area contributed by atoms with Crippen molar-refractivity contribution in [2.75, 3.05) is 13.1 Å². The highest BCUT2D eigenvalue weighted by Crippen LogP contribution is 2.34. The molecule has 3 N–H and O–H groups in total. The first-order valence-corrected chi connectivity index (χ1v) is 6.12. The maximum absolute atomic E-state index is 5.99. The molecule has 0 heterocycles. The van der Waals surface area contributed by atoms with E-state index in [-0.39, 0.29) is 5.54 Å². The van der Waals surface area contributed by atoms with E-state index in [9.17, 15) is 0 Å². The lowest BCUT2D eigenvalue weighted by molar-refractivity contribution is 0.504. The van der Waals surface area contributed by atoms with Gasteiger partial charge in [-0.3, -0.25) is 0 Å². The Morgan fingerprint density at radius 2 is 1.93 bits per heavy atom. The Bertz CT molecular complexity index is 150. The van der Waals surface area contributed by atoms with Crippen LogP contribution in [0.2, 0.25) is 0 Å². The second kappa shape index (κ2) is 5.72. The Balaban J connectivity index is 1.76. The Kier molecular flexibility index (Phi) is 4.90. The predicted molar refractivity (Wildman–Crippen MR) is 62.3 cm³/mol. The molecule has 84 valence electrons. The van der Waals surface area contributed by atoms with E-state index in [1.54, 1.807) is 0 Å². The normalized spacial score (nSPS) is 18.9. The summed E-state index contributed by atoms with van der Waals surface area (Å²) < 4.78 is 0. The van der Waals surface area contributed by atoms with Gasteiger partial charge < -0.3 is 11.1 Å². The van der Waals surface area contributed by atoms with Crippen molar-refractivity contribution in [3.8, 4) is 0 Å². The highest BCUT2D eigenvalue weighted by atomic mass is 14.9. The first-order valence-electron chi connectivity index (χ1n) is 6.12. The molecule has 0 aliphatic heterocycles. The molecule has 14 heavy (non-hydrogen) atoms. The average molecular weight is 198 g/mol. The summed E-state index contributed by atoms with van der Waals surface area (Å²) in [7, 11) is 0. The molecule has 0 aromatic carbocycles. The summed E-state index contributed by atoms with van der Waals surface area (Å²) in [5.74, 6) is 0.855. The lowest BCUT2D eigenvalue weighted by Gasteiger charge is -2.09. The van der Waals surface area contributed by atoms with Gasteiger partial charge in [-0.1, -0.05) is 26.7 Å². The molecule has 1 fully saturated rings. The van der Waals surface area contributed by atoms with Crippen molar-refractivity contribution in [3.05, 3.63) is 0 Å². The smallest absolute Gasteiger partial charge is 0.0167 e. The second-order valence-corrected chi connectivity index (χ2v) is 5.25. The maximum atomic E-state index is 5.99. The summed E-state index contributed by atoms with van der Waals surface area (Å²) in [5, 5.41) is 3.48. The minimum absolute atomic E-state index is 0.227. The SMILES string of the molecule is CC(C)CCCCNCCC1(N)CC1. The third-order valence-corrected chi connectivity index (χ3v) is 3.08. The van der Waals surface area contributed by atoms with E-state index < -0.39 is 0 Å². The topological polar surface area (TPSA) is 38.0 Å². The molecule has 0 aromatic heterocycles. The first-order chi connectivity index (χ1) is 6.62. The minimum atomic E-state index is 0.227. The van der Waals surface area contributed by atoms with E-state index in [4.69, 9.17) is 5.73 Å². The number of rotatable bonds is 8. The Morgan fingerprint density at radius 1 is 1.21 bits per heavy atom. The van der Waals surface area contributed by atoms with Crippen molar-refractivity contribution in [1.29, 1.82) is 0 Å². The van der Waals surface area contributed by atoms with Gasteiger partial charge in [0, 0.05) is 5.54 Å². The van der Waals surface area contributed by atoms with Crippen LogP contribution in [0.25, 0.3) is 0 Å². The number of unbranched alkanes of at least 4 members (excludes halogenated alkanes) is 1. The van der Waals surface area contributed by atoms with Gasteiger partial charge in [0.15, 0.2) is 0 Å². The number of hydrogen-bond acceptors (Lipinski definition) is 2. The van der Waals surface area contributed by atoms with Crippen LogP contribution in [-0.2, 0) is 0 Å². The minimum Gasteiger partial charge on any atom is -0.325 e. The molecule has 1 saturated carbocycles. The van der Waals surface area contributed by atoms with E-state index >= 15 is 0 Å². The van der Waals surface area contributed by atoms with Crippen LogP contribution in [-0.4, -0.2) is 18.6 Å². The zero-order valence-electron chi connectivity index (χ0n) is 9.81.